The van der Waals surface area contributed by atoms with E-state index in [-0.39, 0.29) is 6.04 Å². The first kappa shape index (κ1) is 13.6. The second kappa shape index (κ2) is 5.47. The van der Waals surface area contributed by atoms with Crippen LogP contribution in [-0.4, -0.2) is 9.78 Å². The van der Waals surface area contributed by atoms with E-state index in [0.717, 1.165) is 20.8 Å². The van der Waals surface area contributed by atoms with Crippen molar-refractivity contribution in [3.63, 3.8) is 0 Å². The van der Waals surface area contributed by atoms with Gasteiger partial charge in [-0.2, -0.15) is 5.10 Å². The molecule has 5 heteroatoms. The van der Waals surface area contributed by atoms with Gasteiger partial charge in [0, 0.05) is 22.5 Å². The number of nitrogens with zero attached hydrogens (tertiary/aromatic N) is 2. The monoisotopic (exact) mass is 325 g/mol. The Bertz CT molecular complexity index is 563. The van der Waals surface area contributed by atoms with Gasteiger partial charge in [-0.3, -0.25) is 4.68 Å². The number of halogens is 1. The molecule has 1 atom stereocenters. The highest BCUT2D eigenvalue weighted by Gasteiger charge is 2.08. The molecule has 2 N–H and O–H groups in total. The molecule has 1 aromatic carbocycles. The number of aromatic nitrogens is 2. The van der Waals surface area contributed by atoms with E-state index >= 15 is 0 Å². The predicted octanol–water partition coefficient (Wildman–Crippen LogP) is 3.66. The van der Waals surface area contributed by atoms with Crippen molar-refractivity contribution in [2.24, 2.45) is 12.8 Å². The third kappa shape index (κ3) is 2.96. The Morgan fingerprint density at radius 2 is 2.11 bits per heavy atom. The predicted molar refractivity (Wildman–Crippen MR) is 78.8 cm³/mol. The molecule has 96 valence electrons. The number of hydrogen-bond donors (Lipinski definition) is 1. The molecule has 0 aliphatic heterocycles. The molecule has 0 aliphatic rings. The minimum atomic E-state index is 0.0392. The van der Waals surface area contributed by atoms with Crippen LogP contribution in [0.2, 0.25) is 0 Å². The molecule has 0 saturated heterocycles. The van der Waals surface area contributed by atoms with E-state index in [1.54, 1.807) is 11.8 Å². The summed E-state index contributed by atoms with van der Waals surface area (Å²) in [5, 5.41) is 5.47. The average molecular weight is 326 g/mol. The van der Waals surface area contributed by atoms with Gasteiger partial charge in [-0.25, -0.2) is 0 Å². The smallest absolute Gasteiger partial charge is 0.0986 e. The molecule has 0 unspecified atom stereocenters. The molecule has 1 heterocycles. The molecule has 0 radical (unpaired) electrons. The number of rotatable bonds is 3. The molecule has 0 bridgehead atoms. The maximum absolute atomic E-state index is 5.89. The Morgan fingerprint density at radius 1 is 1.39 bits per heavy atom. The van der Waals surface area contributed by atoms with Crippen LogP contribution < -0.4 is 5.73 Å². The molecule has 0 amide bonds. The van der Waals surface area contributed by atoms with Crippen molar-refractivity contribution in [1.29, 1.82) is 0 Å². The van der Waals surface area contributed by atoms with Crippen molar-refractivity contribution in [3.8, 4) is 0 Å². The summed E-state index contributed by atoms with van der Waals surface area (Å²) < 4.78 is 2.95. The molecule has 0 aliphatic carbocycles. The summed E-state index contributed by atoms with van der Waals surface area (Å²) in [5.41, 5.74) is 8.05. The van der Waals surface area contributed by atoms with E-state index in [9.17, 15) is 0 Å². The fraction of sp³-hybridized carbons (Fsp3) is 0.308. The maximum atomic E-state index is 5.89. The summed E-state index contributed by atoms with van der Waals surface area (Å²) >= 11 is 5.27. The van der Waals surface area contributed by atoms with E-state index in [1.807, 2.05) is 25.6 Å². The number of aryl methyl sites for hydroxylation is 2. The molecule has 18 heavy (non-hydrogen) atoms. The topological polar surface area (TPSA) is 43.8 Å². The highest BCUT2D eigenvalue weighted by Crippen LogP contribution is 2.32. The Balaban J connectivity index is 2.25. The number of benzene rings is 1. The van der Waals surface area contributed by atoms with Crippen LogP contribution in [0.5, 0.6) is 0 Å². The summed E-state index contributed by atoms with van der Waals surface area (Å²) in [6, 6.07) is 8.39. The number of hydrogen-bond acceptors (Lipinski definition) is 3. The van der Waals surface area contributed by atoms with Crippen molar-refractivity contribution >= 4 is 27.7 Å². The quantitative estimate of drug-likeness (QED) is 0.936. The molecule has 2 aromatic rings. The third-order valence-electron chi connectivity index (χ3n) is 2.64. The van der Waals surface area contributed by atoms with Crippen LogP contribution >= 0.6 is 27.7 Å². The molecular formula is C13H16BrN3S. The lowest BCUT2D eigenvalue weighted by Gasteiger charge is -2.10. The van der Waals surface area contributed by atoms with Crippen LogP contribution in [0, 0.1) is 6.92 Å². The Hall–Kier alpha value is -0.780. The zero-order valence-corrected chi connectivity index (χ0v) is 13.0. The maximum Gasteiger partial charge on any atom is 0.0986 e. The summed E-state index contributed by atoms with van der Waals surface area (Å²) in [6.45, 7) is 3.98. The standard InChI is InChI=1S/C13H16BrN3S/c1-8-6-13(17(3)16-8)18-10-4-5-11(9(2)15)12(14)7-10/h4-7,9H,15H2,1-3H3/t9-/m0/s1. The zero-order chi connectivity index (χ0) is 13.3. The minimum absolute atomic E-state index is 0.0392. The van der Waals surface area contributed by atoms with Gasteiger partial charge in [0.2, 0.25) is 0 Å². The van der Waals surface area contributed by atoms with E-state index in [2.05, 4.69) is 45.3 Å². The van der Waals surface area contributed by atoms with Gasteiger partial charge in [-0.05, 0) is 37.6 Å². The zero-order valence-electron chi connectivity index (χ0n) is 10.6. The first-order valence-electron chi connectivity index (χ1n) is 5.71. The summed E-state index contributed by atoms with van der Waals surface area (Å²) in [6.07, 6.45) is 0. The third-order valence-corrected chi connectivity index (χ3v) is 4.41. The van der Waals surface area contributed by atoms with E-state index in [4.69, 9.17) is 5.73 Å². The fourth-order valence-corrected chi connectivity index (χ4v) is 3.59. The van der Waals surface area contributed by atoms with Gasteiger partial charge in [0.15, 0.2) is 0 Å². The second-order valence-electron chi connectivity index (χ2n) is 4.32. The van der Waals surface area contributed by atoms with Crippen molar-refractivity contribution in [1.82, 2.24) is 9.78 Å². The minimum Gasteiger partial charge on any atom is -0.324 e. The van der Waals surface area contributed by atoms with Gasteiger partial charge in [-0.15, -0.1) is 0 Å². The van der Waals surface area contributed by atoms with Gasteiger partial charge < -0.3 is 5.73 Å². The van der Waals surface area contributed by atoms with Crippen molar-refractivity contribution in [2.45, 2.75) is 29.8 Å². The normalized spacial score (nSPS) is 12.7. The Labute approximate surface area is 120 Å². The van der Waals surface area contributed by atoms with Crippen molar-refractivity contribution in [3.05, 3.63) is 40.0 Å². The molecule has 3 nitrogen and oxygen atoms in total. The van der Waals surface area contributed by atoms with E-state index < -0.39 is 0 Å². The lowest BCUT2D eigenvalue weighted by molar-refractivity contribution is 0.692. The van der Waals surface area contributed by atoms with Gasteiger partial charge in [-0.1, -0.05) is 33.8 Å². The van der Waals surface area contributed by atoms with Crippen molar-refractivity contribution in [2.75, 3.05) is 0 Å². The van der Waals surface area contributed by atoms with Crippen LogP contribution in [0.3, 0.4) is 0 Å². The molecular weight excluding hydrogens is 310 g/mol. The van der Waals surface area contributed by atoms with Crippen LogP contribution in [0.25, 0.3) is 0 Å². The molecule has 0 spiro atoms. The van der Waals surface area contributed by atoms with Crippen LogP contribution in [0.4, 0.5) is 0 Å². The van der Waals surface area contributed by atoms with Gasteiger partial charge >= 0.3 is 0 Å². The lowest BCUT2D eigenvalue weighted by Crippen LogP contribution is -2.05. The van der Waals surface area contributed by atoms with Crippen LogP contribution in [0.1, 0.15) is 24.2 Å². The molecule has 1 aromatic heterocycles. The molecule has 0 fully saturated rings. The highest BCUT2D eigenvalue weighted by atomic mass is 79.9. The highest BCUT2D eigenvalue weighted by molar-refractivity contribution is 9.10. The van der Waals surface area contributed by atoms with Crippen molar-refractivity contribution < 1.29 is 0 Å². The number of nitrogens with two attached hydrogens (primary N) is 1. The van der Waals surface area contributed by atoms with Crippen LogP contribution in [0.15, 0.2) is 38.7 Å². The van der Waals surface area contributed by atoms with Gasteiger partial charge in [0.1, 0.15) is 0 Å². The summed E-state index contributed by atoms with van der Waals surface area (Å²) in [7, 11) is 1.96. The SMILES string of the molecule is Cc1cc(Sc2ccc([C@H](C)N)c(Br)c2)n(C)n1. The molecule has 0 saturated carbocycles. The Kier molecular flexibility index (Phi) is 4.14. The first-order valence-corrected chi connectivity index (χ1v) is 7.32. The average Bonchev–Trinajstić information content (AvgIpc) is 2.57. The Morgan fingerprint density at radius 3 is 2.61 bits per heavy atom. The lowest BCUT2D eigenvalue weighted by atomic mass is 10.1. The van der Waals surface area contributed by atoms with Crippen LogP contribution in [-0.2, 0) is 7.05 Å². The second-order valence-corrected chi connectivity index (χ2v) is 6.27. The largest absolute Gasteiger partial charge is 0.324 e. The van der Waals surface area contributed by atoms with Gasteiger partial charge in [0.25, 0.3) is 0 Å². The summed E-state index contributed by atoms with van der Waals surface area (Å²) in [5.74, 6) is 0. The first-order chi connectivity index (χ1) is 8.47. The fourth-order valence-electron chi connectivity index (χ4n) is 1.74. The van der Waals surface area contributed by atoms with Gasteiger partial charge in [0.05, 0.1) is 10.7 Å². The van der Waals surface area contributed by atoms with E-state index in [0.29, 0.717) is 0 Å². The summed E-state index contributed by atoms with van der Waals surface area (Å²) in [4.78, 5) is 1.18. The van der Waals surface area contributed by atoms with E-state index in [1.165, 1.54) is 4.90 Å². The molecule has 2 rings (SSSR count).